The molecule has 1 aromatic carbocycles. The van der Waals surface area contributed by atoms with Crippen LogP contribution in [0.1, 0.15) is 38.3 Å². The molecule has 1 unspecified atom stereocenters. The number of hydrogen-bond donors (Lipinski definition) is 2. The first kappa shape index (κ1) is 18.6. The van der Waals surface area contributed by atoms with Gasteiger partial charge in [0.15, 0.2) is 5.96 Å². The Bertz CT molecular complexity index is 536. The Morgan fingerprint density at radius 3 is 2.82 bits per heavy atom. The number of ether oxygens (including phenoxy) is 1. The van der Waals surface area contributed by atoms with Crippen molar-refractivity contribution in [3.05, 3.63) is 33.8 Å². The summed E-state index contributed by atoms with van der Waals surface area (Å²) in [6, 6.07) is 5.20. The highest BCUT2D eigenvalue weighted by atomic mass is 35.5. The number of aliphatic imine (C=N–C) groups is 1. The Kier molecular flexibility index (Phi) is 8.06. The normalized spacial score (nSPS) is 12.8. The molecule has 0 saturated carbocycles. The summed E-state index contributed by atoms with van der Waals surface area (Å²) in [4.78, 5) is 15.3. The summed E-state index contributed by atoms with van der Waals surface area (Å²) in [5, 5.41) is 4.21. The summed E-state index contributed by atoms with van der Waals surface area (Å²) >= 11 is 12.0. The van der Waals surface area contributed by atoms with Gasteiger partial charge in [0.2, 0.25) is 0 Å². The summed E-state index contributed by atoms with van der Waals surface area (Å²) in [6.07, 6.45) is 0.931. The lowest BCUT2D eigenvalue weighted by atomic mass is 10.1. The van der Waals surface area contributed by atoms with Gasteiger partial charge in [0.25, 0.3) is 0 Å². The van der Waals surface area contributed by atoms with E-state index in [4.69, 9.17) is 33.7 Å². The highest BCUT2D eigenvalue weighted by Gasteiger charge is 2.10. The largest absolute Gasteiger partial charge is 0.466 e. The fraction of sp³-hybridized carbons (Fsp3) is 0.467. The summed E-state index contributed by atoms with van der Waals surface area (Å²) < 4.78 is 4.83. The first-order valence-corrected chi connectivity index (χ1v) is 7.86. The lowest BCUT2D eigenvalue weighted by Crippen LogP contribution is -2.34. The van der Waals surface area contributed by atoms with Crippen molar-refractivity contribution in [3.63, 3.8) is 0 Å². The smallest absolute Gasteiger partial charge is 0.305 e. The molecule has 0 aliphatic carbocycles. The molecule has 0 amide bonds. The van der Waals surface area contributed by atoms with Crippen LogP contribution in [0.25, 0.3) is 0 Å². The van der Waals surface area contributed by atoms with Crippen LogP contribution in [0, 0.1) is 0 Å². The number of hydrogen-bond acceptors (Lipinski definition) is 3. The monoisotopic (exact) mass is 345 g/mol. The van der Waals surface area contributed by atoms with Crippen molar-refractivity contribution in [2.75, 3.05) is 13.2 Å². The second-order valence-corrected chi connectivity index (χ2v) is 5.55. The van der Waals surface area contributed by atoms with Gasteiger partial charge < -0.3 is 15.8 Å². The van der Waals surface area contributed by atoms with Gasteiger partial charge in [-0.25, -0.2) is 0 Å². The second kappa shape index (κ2) is 9.54. The molecule has 0 radical (unpaired) electrons. The fourth-order valence-electron chi connectivity index (χ4n) is 1.85. The molecule has 0 saturated heterocycles. The van der Waals surface area contributed by atoms with Gasteiger partial charge in [-0.15, -0.1) is 0 Å². The van der Waals surface area contributed by atoms with Crippen LogP contribution in [0.5, 0.6) is 0 Å². The molecule has 1 aromatic rings. The van der Waals surface area contributed by atoms with Gasteiger partial charge >= 0.3 is 5.97 Å². The van der Waals surface area contributed by atoms with Crippen molar-refractivity contribution in [3.8, 4) is 0 Å². The first-order valence-electron chi connectivity index (χ1n) is 7.11. The second-order valence-electron chi connectivity index (χ2n) is 4.71. The average molecular weight is 346 g/mol. The third-order valence-corrected chi connectivity index (χ3v) is 3.48. The molecule has 0 aromatic heterocycles. The number of halogens is 2. The highest BCUT2D eigenvalue weighted by molar-refractivity contribution is 6.35. The topological polar surface area (TPSA) is 76.7 Å². The van der Waals surface area contributed by atoms with Crippen molar-refractivity contribution in [1.29, 1.82) is 0 Å². The van der Waals surface area contributed by atoms with Crippen LogP contribution in [0.3, 0.4) is 0 Å². The first-order chi connectivity index (χ1) is 10.4. The van der Waals surface area contributed by atoms with E-state index in [2.05, 4.69) is 10.3 Å². The maximum absolute atomic E-state index is 11.2. The summed E-state index contributed by atoms with van der Waals surface area (Å²) in [6.45, 7) is 4.56. The number of rotatable bonds is 7. The quantitative estimate of drug-likeness (QED) is 0.344. The summed E-state index contributed by atoms with van der Waals surface area (Å²) in [5.74, 6) is 0.0907. The number of carbonyl (C=O) groups excluding carboxylic acids is 1. The Hall–Kier alpha value is -1.46. The molecule has 0 bridgehead atoms. The molecular formula is C15H21Cl2N3O2. The molecule has 5 nitrogen and oxygen atoms in total. The SMILES string of the molecule is CCOC(=O)CCCN=C(N)NC(C)c1ccc(Cl)cc1Cl. The molecule has 22 heavy (non-hydrogen) atoms. The predicted octanol–water partition coefficient (Wildman–Crippen LogP) is 3.30. The number of carbonyl (C=O) groups is 1. The summed E-state index contributed by atoms with van der Waals surface area (Å²) in [7, 11) is 0. The molecule has 0 aliphatic rings. The maximum atomic E-state index is 11.2. The van der Waals surface area contributed by atoms with E-state index >= 15 is 0 Å². The number of nitrogens with two attached hydrogens (primary N) is 1. The lowest BCUT2D eigenvalue weighted by molar-refractivity contribution is -0.143. The van der Waals surface area contributed by atoms with Crippen LogP contribution in [0.4, 0.5) is 0 Å². The molecule has 1 rings (SSSR count). The van der Waals surface area contributed by atoms with Crippen LogP contribution in [-0.2, 0) is 9.53 Å². The molecule has 0 heterocycles. The van der Waals surface area contributed by atoms with Crippen molar-refractivity contribution in [2.45, 2.75) is 32.7 Å². The van der Waals surface area contributed by atoms with Crippen LogP contribution < -0.4 is 11.1 Å². The van der Waals surface area contributed by atoms with E-state index in [-0.39, 0.29) is 12.0 Å². The number of guanidine groups is 1. The minimum absolute atomic E-state index is 0.0985. The molecule has 0 fully saturated rings. The molecule has 7 heteroatoms. The Labute approximate surface area is 140 Å². The molecule has 0 aliphatic heterocycles. The van der Waals surface area contributed by atoms with Gasteiger partial charge in [-0.05, 0) is 38.0 Å². The van der Waals surface area contributed by atoms with E-state index in [1.54, 1.807) is 19.1 Å². The highest BCUT2D eigenvalue weighted by Crippen LogP contribution is 2.25. The molecule has 1 atom stereocenters. The predicted molar refractivity (Wildman–Crippen MR) is 90.4 cm³/mol. The van der Waals surface area contributed by atoms with E-state index < -0.39 is 0 Å². The van der Waals surface area contributed by atoms with Gasteiger partial charge in [-0.3, -0.25) is 9.79 Å². The maximum Gasteiger partial charge on any atom is 0.305 e. The fourth-order valence-corrected chi connectivity index (χ4v) is 2.43. The van der Waals surface area contributed by atoms with Crippen LogP contribution in [0.2, 0.25) is 10.0 Å². The zero-order valence-corrected chi connectivity index (χ0v) is 14.2. The van der Waals surface area contributed by atoms with E-state index in [1.165, 1.54) is 0 Å². The van der Waals surface area contributed by atoms with Crippen LogP contribution in [0.15, 0.2) is 23.2 Å². The van der Waals surface area contributed by atoms with E-state index in [0.717, 1.165) is 5.56 Å². The standard InChI is InChI=1S/C15H21Cl2N3O2/c1-3-22-14(21)5-4-8-19-15(18)20-10(2)12-7-6-11(16)9-13(12)17/h6-7,9-10H,3-5,8H2,1-2H3,(H3,18,19,20). The van der Waals surface area contributed by atoms with Crippen molar-refractivity contribution >= 4 is 35.1 Å². The number of nitrogens with zero attached hydrogens (tertiary/aromatic N) is 1. The Balaban J connectivity index is 2.44. The van der Waals surface area contributed by atoms with Crippen molar-refractivity contribution in [2.24, 2.45) is 10.7 Å². The minimum Gasteiger partial charge on any atom is -0.466 e. The zero-order valence-electron chi connectivity index (χ0n) is 12.7. The van der Waals surface area contributed by atoms with Gasteiger partial charge in [0, 0.05) is 23.0 Å². The lowest BCUT2D eigenvalue weighted by Gasteiger charge is -2.16. The number of benzene rings is 1. The molecular weight excluding hydrogens is 325 g/mol. The summed E-state index contributed by atoms with van der Waals surface area (Å²) in [5.41, 5.74) is 6.71. The van der Waals surface area contributed by atoms with Crippen LogP contribution in [-0.4, -0.2) is 25.1 Å². The zero-order chi connectivity index (χ0) is 16.5. The van der Waals surface area contributed by atoms with E-state index in [0.29, 0.717) is 42.0 Å². The third-order valence-electron chi connectivity index (χ3n) is 2.92. The number of esters is 1. The molecule has 0 spiro atoms. The molecule has 3 N–H and O–H groups in total. The van der Waals surface area contributed by atoms with Crippen LogP contribution >= 0.6 is 23.2 Å². The minimum atomic E-state index is -0.217. The van der Waals surface area contributed by atoms with Gasteiger partial charge in [-0.1, -0.05) is 29.3 Å². The Morgan fingerprint density at radius 1 is 1.45 bits per heavy atom. The third kappa shape index (κ3) is 6.54. The van der Waals surface area contributed by atoms with E-state index in [1.807, 2.05) is 13.0 Å². The van der Waals surface area contributed by atoms with Gasteiger partial charge in [0.05, 0.1) is 12.6 Å². The number of nitrogens with one attached hydrogen (secondary N) is 1. The van der Waals surface area contributed by atoms with E-state index in [9.17, 15) is 4.79 Å². The van der Waals surface area contributed by atoms with Crippen molar-refractivity contribution < 1.29 is 9.53 Å². The molecule has 122 valence electrons. The van der Waals surface area contributed by atoms with Crippen molar-refractivity contribution in [1.82, 2.24) is 5.32 Å². The Morgan fingerprint density at radius 2 is 2.18 bits per heavy atom. The van der Waals surface area contributed by atoms with Gasteiger partial charge in [0.1, 0.15) is 0 Å². The average Bonchev–Trinajstić information content (AvgIpc) is 2.43. The van der Waals surface area contributed by atoms with Gasteiger partial charge in [-0.2, -0.15) is 0 Å².